The standard InChI is InChI=1S/C79H56N4/c1-79(2)73-34-17-14-31-66(73)67-44-41-63(52-74(67)79)80(58-39-37-54(38-40-58)53-21-6-3-7-22-53)61-42-45-77-71(49-61)68-32-15-18-35-75(68)82(77)59-28-20-29-60(48-59)83-76-36-19-16-33-69(76)72-50-62(43-46-78(72)83)81(57-26-10-5-11-27-57)64-47-56-25-12-13-30-65(56)70(51-64)55-23-8-4-9-24-55/h3-52H,1-2H3. The van der Waals surface area contributed by atoms with Crippen molar-refractivity contribution in [2.24, 2.45) is 0 Å². The number of hydrogen-bond acceptors (Lipinski definition) is 2. The van der Waals surface area contributed by atoms with Crippen molar-refractivity contribution in [3.63, 3.8) is 0 Å². The average molecular weight is 1060 g/mol. The van der Waals surface area contributed by atoms with E-state index in [9.17, 15) is 0 Å². The van der Waals surface area contributed by atoms with Gasteiger partial charge in [0, 0.05) is 72.5 Å². The highest BCUT2D eigenvalue weighted by atomic mass is 15.2. The molecular weight excluding hydrogens is 1000 g/mol. The maximum atomic E-state index is 2.45. The van der Waals surface area contributed by atoms with E-state index in [-0.39, 0.29) is 5.41 Å². The van der Waals surface area contributed by atoms with Gasteiger partial charge in [-0.3, -0.25) is 0 Å². The Balaban J connectivity index is 0.826. The van der Waals surface area contributed by atoms with Crippen molar-refractivity contribution in [3.8, 4) is 44.8 Å². The zero-order valence-corrected chi connectivity index (χ0v) is 46.2. The van der Waals surface area contributed by atoms with Gasteiger partial charge in [-0.2, -0.15) is 0 Å². The minimum Gasteiger partial charge on any atom is -0.310 e. The van der Waals surface area contributed by atoms with Gasteiger partial charge in [0.25, 0.3) is 0 Å². The molecule has 0 amide bonds. The molecule has 0 saturated carbocycles. The van der Waals surface area contributed by atoms with Crippen LogP contribution in [0.15, 0.2) is 303 Å². The summed E-state index contributed by atoms with van der Waals surface area (Å²) in [6, 6.07) is 111. The lowest BCUT2D eigenvalue weighted by Crippen LogP contribution is -2.16. The Morgan fingerprint density at radius 3 is 1.36 bits per heavy atom. The smallest absolute Gasteiger partial charge is 0.0542 e. The molecule has 0 radical (unpaired) electrons. The summed E-state index contributed by atoms with van der Waals surface area (Å²) in [5.41, 5.74) is 23.4. The number of fused-ring (bicyclic) bond motifs is 10. The van der Waals surface area contributed by atoms with E-state index in [0.717, 1.165) is 67.6 Å². The van der Waals surface area contributed by atoms with E-state index >= 15 is 0 Å². The van der Waals surface area contributed by atoms with Crippen molar-refractivity contribution in [2.75, 3.05) is 9.80 Å². The first-order chi connectivity index (χ1) is 40.9. The molecule has 0 bridgehead atoms. The fraction of sp³-hybridized carbons (Fsp3) is 0.0380. The predicted molar refractivity (Wildman–Crippen MR) is 350 cm³/mol. The number of hydrogen-bond donors (Lipinski definition) is 0. The highest BCUT2D eigenvalue weighted by molar-refractivity contribution is 6.13. The third-order valence-corrected chi connectivity index (χ3v) is 17.4. The predicted octanol–water partition coefficient (Wildman–Crippen LogP) is 21.6. The Morgan fingerprint density at radius 1 is 0.253 bits per heavy atom. The van der Waals surface area contributed by atoms with E-state index in [0.29, 0.717) is 0 Å². The molecule has 1 aliphatic carbocycles. The maximum Gasteiger partial charge on any atom is 0.0542 e. The third-order valence-electron chi connectivity index (χ3n) is 17.4. The van der Waals surface area contributed by atoms with Crippen molar-refractivity contribution < 1.29 is 0 Å². The third kappa shape index (κ3) is 7.90. The Hall–Kier alpha value is -10.7. The molecule has 13 aromatic carbocycles. The van der Waals surface area contributed by atoms with Gasteiger partial charge in [-0.15, -0.1) is 0 Å². The van der Waals surface area contributed by atoms with Gasteiger partial charge in [-0.05, 0) is 171 Å². The molecule has 0 unspecified atom stereocenters. The van der Waals surface area contributed by atoms with Crippen LogP contribution >= 0.6 is 0 Å². The van der Waals surface area contributed by atoms with Gasteiger partial charge >= 0.3 is 0 Å². The molecule has 0 atom stereocenters. The summed E-state index contributed by atoms with van der Waals surface area (Å²) in [7, 11) is 0. The quantitative estimate of drug-likeness (QED) is 0.136. The van der Waals surface area contributed by atoms with E-state index < -0.39 is 0 Å². The van der Waals surface area contributed by atoms with Gasteiger partial charge in [0.15, 0.2) is 0 Å². The average Bonchev–Trinajstić information content (AvgIpc) is 4.37. The zero-order chi connectivity index (χ0) is 55.2. The molecule has 16 rings (SSSR count). The molecule has 1 aliphatic rings. The summed E-state index contributed by atoms with van der Waals surface area (Å²) < 4.78 is 4.89. The summed E-state index contributed by atoms with van der Waals surface area (Å²) in [5, 5.41) is 7.22. The number of para-hydroxylation sites is 3. The highest BCUT2D eigenvalue weighted by Crippen LogP contribution is 2.51. The minimum absolute atomic E-state index is 0.144. The zero-order valence-electron chi connectivity index (χ0n) is 46.2. The highest BCUT2D eigenvalue weighted by Gasteiger charge is 2.36. The first-order valence-corrected chi connectivity index (χ1v) is 28.7. The van der Waals surface area contributed by atoms with Crippen LogP contribution in [0.3, 0.4) is 0 Å². The Bertz CT molecular complexity index is 4990. The first-order valence-electron chi connectivity index (χ1n) is 28.7. The second-order valence-corrected chi connectivity index (χ2v) is 22.5. The Labute approximate surface area is 483 Å². The first kappa shape index (κ1) is 48.2. The maximum absolute atomic E-state index is 2.45. The van der Waals surface area contributed by atoms with Gasteiger partial charge < -0.3 is 18.9 Å². The molecule has 83 heavy (non-hydrogen) atoms. The molecule has 15 aromatic rings. The van der Waals surface area contributed by atoms with Gasteiger partial charge in [0.05, 0.1) is 22.1 Å². The van der Waals surface area contributed by atoms with Gasteiger partial charge in [-0.25, -0.2) is 0 Å². The van der Waals surface area contributed by atoms with Crippen molar-refractivity contribution in [1.82, 2.24) is 9.13 Å². The second kappa shape index (κ2) is 19.3. The van der Waals surface area contributed by atoms with Gasteiger partial charge in [0.2, 0.25) is 0 Å². The van der Waals surface area contributed by atoms with E-state index in [1.165, 1.54) is 76.8 Å². The summed E-state index contributed by atoms with van der Waals surface area (Å²) in [6.45, 7) is 4.73. The summed E-state index contributed by atoms with van der Waals surface area (Å²) in [4.78, 5) is 4.85. The second-order valence-electron chi connectivity index (χ2n) is 22.5. The van der Waals surface area contributed by atoms with Crippen LogP contribution in [0.2, 0.25) is 0 Å². The van der Waals surface area contributed by atoms with Crippen LogP contribution in [0.4, 0.5) is 34.1 Å². The van der Waals surface area contributed by atoms with Crippen LogP contribution in [-0.4, -0.2) is 9.13 Å². The van der Waals surface area contributed by atoms with Gasteiger partial charge in [0.1, 0.15) is 0 Å². The fourth-order valence-electron chi connectivity index (χ4n) is 13.5. The van der Waals surface area contributed by atoms with Crippen molar-refractivity contribution >= 4 is 88.5 Å². The normalized spacial score (nSPS) is 12.6. The Morgan fingerprint density at radius 2 is 0.711 bits per heavy atom. The summed E-state index contributed by atoms with van der Waals surface area (Å²) in [5.74, 6) is 0. The molecule has 0 spiro atoms. The molecular formula is C79H56N4. The van der Waals surface area contributed by atoms with Crippen molar-refractivity contribution in [3.05, 3.63) is 314 Å². The van der Waals surface area contributed by atoms with Crippen LogP contribution in [0.5, 0.6) is 0 Å². The number of benzene rings is 13. The molecule has 0 N–H and O–H groups in total. The van der Waals surface area contributed by atoms with Crippen molar-refractivity contribution in [1.29, 1.82) is 0 Å². The number of nitrogens with zero attached hydrogens (tertiary/aromatic N) is 4. The Kier molecular flexibility index (Phi) is 11.2. The van der Waals surface area contributed by atoms with E-state index in [2.05, 4.69) is 336 Å². The molecule has 4 nitrogen and oxygen atoms in total. The molecule has 392 valence electrons. The van der Waals surface area contributed by atoms with E-state index in [1.54, 1.807) is 0 Å². The number of rotatable bonds is 10. The summed E-state index contributed by atoms with van der Waals surface area (Å²) >= 11 is 0. The lowest BCUT2D eigenvalue weighted by molar-refractivity contribution is 0.660. The molecule has 2 heterocycles. The topological polar surface area (TPSA) is 16.3 Å². The molecule has 0 aliphatic heterocycles. The van der Waals surface area contributed by atoms with Crippen molar-refractivity contribution in [2.45, 2.75) is 19.3 Å². The number of aromatic nitrogens is 2. The monoisotopic (exact) mass is 1060 g/mol. The van der Waals surface area contributed by atoms with Gasteiger partial charge in [-0.1, -0.05) is 202 Å². The van der Waals surface area contributed by atoms with Crippen LogP contribution in [0, 0.1) is 0 Å². The van der Waals surface area contributed by atoms with E-state index in [4.69, 9.17) is 0 Å². The number of anilines is 6. The lowest BCUT2D eigenvalue weighted by Gasteiger charge is -2.28. The summed E-state index contributed by atoms with van der Waals surface area (Å²) in [6.07, 6.45) is 0. The van der Waals surface area contributed by atoms with Crippen LogP contribution in [-0.2, 0) is 5.41 Å². The lowest BCUT2D eigenvalue weighted by atomic mass is 9.82. The van der Waals surface area contributed by atoms with E-state index in [1.807, 2.05) is 0 Å². The molecule has 4 heteroatoms. The SMILES string of the molecule is CC1(C)c2ccccc2-c2ccc(N(c3ccc(-c4ccccc4)cc3)c3ccc4c(c3)c3ccccc3n4-c3cccc(-n4c5ccccc5c5cc(N(c6ccccc6)c6cc(-c7ccccc7)c7ccccc7c6)ccc54)c3)cc21. The molecule has 0 saturated heterocycles. The molecule has 2 aromatic heterocycles. The van der Waals surface area contributed by atoms with Crippen LogP contribution in [0.25, 0.3) is 99.1 Å². The van der Waals surface area contributed by atoms with Crippen LogP contribution in [0.1, 0.15) is 25.0 Å². The minimum atomic E-state index is -0.144. The van der Waals surface area contributed by atoms with Crippen LogP contribution < -0.4 is 9.80 Å². The largest absolute Gasteiger partial charge is 0.310 e. The molecule has 0 fully saturated rings. The fourth-order valence-corrected chi connectivity index (χ4v) is 13.5.